The molecule has 2 aliphatic rings. The fraction of sp³-hybridized carbons (Fsp3) is 0.286. The SMILES string of the molecule is O=C(N[C@H]1C[C@H]2C(=O)N[C@@H](Cc3ccccc3)C(=O)N2C1)c1cc(F)ccc1F. The van der Waals surface area contributed by atoms with Crippen molar-refractivity contribution >= 4 is 17.7 Å². The van der Waals surface area contributed by atoms with Crippen LogP contribution in [0.4, 0.5) is 8.78 Å². The number of benzene rings is 2. The lowest BCUT2D eigenvalue weighted by Gasteiger charge is -2.34. The van der Waals surface area contributed by atoms with Crippen molar-refractivity contribution in [2.24, 2.45) is 0 Å². The van der Waals surface area contributed by atoms with Crippen LogP contribution in [0.2, 0.25) is 0 Å². The van der Waals surface area contributed by atoms with E-state index < -0.39 is 41.2 Å². The standard InChI is InChI=1S/C21H19F2N3O3/c22-13-6-7-16(23)15(9-13)19(27)24-14-10-18-20(28)25-17(21(29)26(18)11-14)8-12-4-2-1-3-5-12/h1-7,9,14,17-18H,8,10-11H2,(H,24,27)(H,25,28)/t14-,17-,18-/m0/s1. The first kappa shape index (κ1) is 19.0. The van der Waals surface area contributed by atoms with Crippen LogP contribution in [0.1, 0.15) is 22.3 Å². The lowest BCUT2D eigenvalue weighted by molar-refractivity contribution is -0.147. The van der Waals surface area contributed by atoms with Crippen molar-refractivity contribution in [3.05, 3.63) is 71.3 Å². The van der Waals surface area contributed by atoms with Crippen LogP contribution >= 0.6 is 0 Å². The smallest absolute Gasteiger partial charge is 0.254 e. The molecular weight excluding hydrogens is 380 g/mol. The van der Waals surface area contributed by atoms with E-state index >= 15 is 0 Å². The maximum Gasteiger partial charge on any atom is 0.254 e. The highest BCUT2D eigenvalue weighted by Crippen LogP contribution is 2.24. The Bertz CT molecular complexity index is 967. The van der Waals surface area contributed by atoms with Gasteiger partial charge in [-0.1, -0.05) is 30.3 Å². The largest absolute Gasteiger partial charge is 0.347 e. The molecule has 150 valence electrons. The zero-order valence-electron chi connectivity index (χ0n) is 15.4. The number of nitrogens with zero attached hydrogens (tertiary/aromatic N) is 1. The molecule has 2 heterocycles. The Balaban J connectivity index is 1.44. The predicted octanol–water partition coefficient (Wildman–Crippen LogP) is 1.41. The molecule has 0 saturated carbocycles. The molecule has 0 bridgehead atoms. The molecule has 2 saturated heterocycles. The van der Waals surface area contributed by atoms with Crippen molar-refractivity contribution in [3.63, 3.8) is 0 Å². The fourth-order valence-electron chi connectivity index (χ4n) is 3.89. The Morgan fingerprint density at radius 2 is 1.90 bits per heavy atom. The van der Waals surface area contributed by atoms with Crippen LogP contribution in [0.5, 0.6) is 0 Å². The molecule has 29 heavy (non-hydrogen) atoms. The summed E-state index contributed by atoms with van der Waals surface area (Å²) in [5.41, 5.74) is 0.517. The van der Waals surface area contributed by atoms with Gasteiger partial charge in [-0.2, -0.15) is 0 Å². The van der Waals surface area contributed by atoms with Crippen LogP contribution in [0.3, 0.4) is 0 Å². The third-order valence-corrected chi connectivity index (χ3v) is 5.29. The van der Waals surface area contributed by atoms with Gasteiger partial charge in [-0.25, -0.2) is 8.78 Å². The molecular formula is C21H19F2N3O3. The summed E-state index contributed by atoms with van der Waals surface area (Å²) in [6.45, 7) is 0.144. The van der Waals surface area contributed by atoms with Gasteiger partial charge in [0.05, 0.1) is 5.56 Å². The number of hydrogen-bond acceptors (Lipinski definition) is 3. The summed E-state index contributed by atoms with van der Waals surface area (Å²) in [7, 11) is 0. The molecule has 3 amide bonds. The highest BCUT2D eigenvalue weighted by atomic mass is 19.1. The molecule has 0 aromatic heterocycles. The molecule has 0 aliphatic carbocycles. The Hall–Kier alpha value is -3.29. The van der Waals surface area contributed by atoms with E-state index in [2.05, 4.69) is 10.6 Å². The second-order valence-electron chi connectivity index (χ2n) is 7.29. The zero-order valence-corrected chi connectivity index (χ0v) is 15.4. The number of amides is 3. The van der Waals surface area contributed by atoms with Gasteiger partial charge in [0.1, 0.15) is 23.7 Å². The minimum Gasteiger partial charge on any atom is -0.347 e. The third-order valence-electron chi connectivity index (χ3n) is 5.29. The Labute approximate surface area is 165 Å². The lowest BCUT2D eigenvalue weighted by Crippen LogP contribution is -2.61. The van der Waals surface area contributed by atoms with Gasteiger partial charge in [0.2, 0.25) is 11.8 Å². The first-order valence-corrected chi connectivity index (χ1v) is 9.33. The Kier molecular flexibility index (Phi) is 5.00. The Morgan fingerprint density at radius 1 is 1.14 bits per heavy atom. The lowest BCUT2D eigenvalue weighted by atomic mass is 10.0. The summed E-state index contributed by atoms with van der Waals surface area (Å²) in [5, 5.41) is 5.36. The van der Waals surface area contributed by atoms with Crippen LogP contribution in [0.25, 0.3) is 0 Å². The van der Waals surface area contributed by atoms with Crippen molar-refractivity contribution in [2.75, 3.05) is 6.54 Å². The summed E-state index contributed by atoms with van der Waals surface area (Å²) >= 11 is 0. The average Bonchev–Trinajstić information content (AvgIpc) is 3.13. The number of halogens is 2. The minimum atomic E-state index is -0.837. The van der Waals surface area contributed by atoms with Crippen molar-refractivity contribution in [2.45, 2.75) is 31.0 Å². The molecule has 2 aromatic carbocycles. The molecule has 2 fully saturated rings. The summed E-state index contributed by atoms with van der Waals surface area (Å²) in [6.07, 6.45) is 0.596. The van der Waals surface area contributed by atoms with E-state index in [1.54, 1.807) is 0 Å². The highest BCUT2D eigenvalue weighted by Gasteiger charge is 2.46. The van der Waals surface area contributed by atoms with Gasteiger partial charge in [-0.15, -0.1) is 0 Å². The zero-order chi connectivity index (χ0) is 20.5. The van der Waals surface area contributed by atoms with Crippen molar-refractivity contribution in [1.82, 2.24) is 15.5 Å². The molecule has 0 unspecified atom stereocenters. The number of nitrogens with one attached hydrogen (secondary N) is 2. The molecule has 3 atom stereocenters. The van der Waals surface area contributed by atoms with Crippen LogP contribution in [-0.4, -0.2) is 47.3 Å². The highest BCUT2D eigenvalue weighted by molar-refractivity contribution is 5.98. The van der Waals surface area contributed by atoms with E-state index in [1.807, 2.05) is 30.3 Å². The molecule has 0 spiro atoms. The van der Waals surface area contributed by atoms with Gasteiger partial charge in [0, 0.05) is 19.0 Å². The summed E-state index contributed by atoms with van der Waals surface area (Å²) in [4.78, 5) is 39.1. The number of hydrogen-bond donors (Lipinski definition) is 2. The van der Waals surface area contributed by atoms with Crippen molar-refractivity contribution < 1.29 is 23.2 Å². The molecule has 6 nitrogen and oxygen atoms in total. The number of carbonyl (C=O) groups is 3. The van der Waals surface area contributed by atoms with Crippen LogP contribution in [-0.2, 0) is 16.0 Å². The maximum atomic E-state index is 13.8. The van der Waals surface area contributed by atoms with Gasteiger partial charge in [-0.3, -0.25) is 14.4 Å². The predicted molar refractivity (Wildman–Crippen MR) is 99.8 cm³/mol. The quantitative estimate of drug-likeness (QED) is 0.816. The third kappa shape index (κ3) is 3.83. The number of rotatable bonds is 4. The van der Waals surface area contributed by atoms with E-state index in [0.717, 1.165) is 23.8 Å². The van der Waals surface area contributed by atoms with E-state index in [9.17, 15) is 23.2 Å². The summed E-state index contributed by atoms with van der Waals surface area (Å²) < 4.78 is 27.2. The second kappa shape index (κ2) is 7.62. The van der Waals surface area contributed by atoms with Gasteiger partial charge in [-0.05, 0) is 30.2 Å². The van der Waals surface area contributed by atoms with Crippen LogP contribution < -0.4 is 10.6 Å². The molecule has 2 N–H and O–H groups in total. The van der Waals surface area contributed by atoms with Crippen molar-refractivity contribution in [1.29, 1.82) is 0 Å². The van der Waals surface area contributed by atoms with E-state index in [-0.39, 0.29) is 24.8 Å². The van der Waals surface area contributed by atoms with Gasteiger partial charge in [0.15, 0.2) is 0 Å². The van der Waals surface area contributed by atoms with E-state index in [0.29, 0.717) is 6.42 Å². The van der Waals surface area contributed by atoms with Crippen LogP contribution in [0.15, 0.2) is 48.5 Å². The molecule has 4 rings (SSSR count). The average molecular weight is 399 g/mol. The minimum absolute atomic E-state index is 0.144. The van der Waals surface area contributed by atoms with E-state index in [4.69, 9.17) is 0 Å². The monoisotopic (exact) mass is 399 g/mol. The van der Waals surface area contributed by atoms with Gasteiger partial charge >= 0.3 is 0 Å². The first-order valence-electron chi connectivity index (χ1n) is 9.33. The van der Waals surface area contributed by atoms with Crippen LogP contribution in [0, 0.1) is 11.6 Å². The number of carbonyl (C=O) groups excluding carboxylic acids is 3. The summed E-state index contributed by atoms with van der Waals surface area (Å²) in [6, 6.07) is 10.1. The number of piperazine rings is 1. The second-order valence-corrected chi connectivity index (χ2v) is 7.29. The number of fused-ring (bicyclic) bond motifs is 1. The molecule has 0 radical (unpaired) electrons. The fourth-order valence-corrected chi connectivity index (χ4v) is 3.89. The first-order chi connectivity index (χ1) is 13.9. The molecule has 2 aliphatic heterocycles. The Morgan fingerprint density at radius 3 is 2.66 bits per heavy atom. The topological polar surface area (TPSA) is 78.5 Å². The van der Waals surface area contributed by atoms with Gasteiger partial charge < -0.3 is 15.5 Å². The summed E-state index contributed by atoms with van der Waals surface area (Å²) in [5.74, 6) is -2.83. The maximum absolute atomic E-state index is 13.8. The normalized spacial score (nSPS) is 23.5. The van der Waals surface area contributed by atoms with Crippen molar-refractivity contribution in [3.8, 4) is 0 Å². The molecule has 2 aromatic rings. The van der Waals surface area contributed by atoms with Gasteiger partial charge in [0.25, 0.3) is 5.91 Å². The molecule has 8 heteroatoms. The van der Waals surface area contributed by atoms with E-state index in [1.165, 1.54) is 4.90 Å².